The Morgan fingerprint density at radius 3 is 2.67 bits per heavy atom. The van der Waals surface area contributed by atoms with Gasteiger partial charge in [0.05, 0.1) is 0 Å². The first kappa shape index (κ1) is 8.08. The summed E-state index contributed by atoms with van der Waals surface area (Å²) in [7, 11) is 0. The minimum atomic E-state index is 0.899. The van der Waals surface area contributed by atoms with Crippen LogP contribution in [0.25, 0.3) is 0 Å². The largest absolute Gasteiger partial charge is 0.390 e. The second-order valence-corrected chi connectivity index (χ2v) is 1.87. The fourth-order valence-electron chi connectivity index (χ4n) is 0.450. The van der Waals surface area contributed by atoms with Crippen molar-refractivity contribution in [2.24, 2.45) is 0 Å². The Morgan fingerprint density at radius 2 is 2.22 bits per heavy atom. The molecule has 0 atom stereocenters. The predicted octanol–water partition coefficient (Wildman–Crippen LogP) is 0.843. The van der Waals surface area contributed by atoms with Crippen LogP contribution in [0.3, 0.4) is 0 Å². The molecule has 0 amide bonds. The molecule has 0 spiro atoms. The van der Waals surface area contributed by atoms with E-state index in [4.69, 9.17) is 0 Å². The van der Waals surface area contributed by atoms with Crippen LogP contribution >= 0.6 is 0 Å². The summed E-state index contributed by atoms with van der Waals surface area (Å²) in [5.74, 6) is 0. The van der Waals surface area contributed by atoms with Gasteiger partial charge < -0.3 is 10.6 Å². The lowest BCUT2D eigenvalue weighted by Crippen LogP contribution is -2.22. The minimum absolute atomic E-state index is 0.899. The third-order valence-electron chi connectivity index (χ3n) is 0.840. The molecule has 0 aliphatic heterocycles. The first-order valence-corrected chi connectivity index (χ1v) is 3.01. The summed E-state index contributed by atoms with van der Waals surface area (Å²) in [6, 6.07) is 0. The van der Waals surface area contributed by atoms with E-state index in [0.29, 0.717) is 0 Å². The van der Waals surface area contributed by atoms with Crippen LogP contribution in [-0.4, -0.2) is 13.1 Å². The summed E-state index contributed by atoms with van der Waals surface area (Å²) in [6.07, 6.45) is 1.68. The number of hydrogen-bond donors (Lipinski definition) is 2. The van der Waals surface area contributed by atoms with Gasteiger partial charge in [-0.2, -0.15) is 0 Å². The minimum Gasteiger partial charge on any atom is -0.390 e. The van der Waals surface area contributed by atoms with Crippen molar-refractivity contribution in [3.8, 4) is 0 Å². The molecule has 0 saturated heterocycles. The molecule has 0 aliphatic carbocycles. The quantitative estimate of drug-likeness (QED) is 0.533. The molecule has 0 saturated carbocycles. The van der Waals surface area contributed by atoms with Crippen molar-refractivity contribution in [1.29, 1.82) is 0 Å². The Morgan fingerprint density at radius 1 is 1.56 bits per heavy atom. The molecule has 52 valence electrons. The van der Waals surface area contributed by atoms with Crippen molar-refractivity contribution in [2.75, 3.05) is 13.1 Å². The first-order valence-electron chi connectivity index (χ1n) is 3.01. The van der Waals surface area contributed by atoms with E-state index in [1.54, 1.807) is 6.20 Å². The monoisotopic (exact) mass is 126 g/mol. The second kappa shape index (κ2) is 5.22. The zero-order valence-electron chi connectivity index (χ0n) is 5.91. The summed E-state index contributed by atoms with van der Waals surface area (Å²) in [5.41, 5.74) is 1.00. The molecule has 0 aromatic carbocycles. The molecule has 0 fully saturated rings. The van der Waals surface area contributed by atoms with Crippen LogP contribution in [0.4, 0.5) is 0 Å². The molecule has 0 aromatic rings. The normalized spacial score (nSPS) is 8.11. The molecule has 2 heteroatoms. The number of rotatable bonds is 5. The smallest absolute Gasteiger partial charge is 0.0317 e. The molecule has 0 rings (SSSR count). The lowest BCUT2D eigenvalue weighted by Gasteiger charge is -2.03. The predicted molar refractivity (Wildman–Crippen MR) is 41.0 cm³/mol. The highest BCUT2D eigenvalue weighted by Gasteiger charge is 1.80. The number of hydrogen-bond acceptors (Lipinski definition) is 2. The Bertz CT molecular complexity index is 97.1. The van der Waals surface area contributed by atoms with Crippen molar-refractivity contribution in [2.45, 2.75) is 6.92 Å². The van der Waals surface area contributed by atoms with Crippen molar-refractivity contribution in [3.63, 3.8) is 0 Å². The van der Waals surface area contributed by atoms with E-state index >= 15 is 0 Å². The van der Waals surface area contributed by atoms with Crippen molar-refractivity contribution >= 4 is 0 Å². The van der Waals surface area contributed by atoms with Gasteiger partial charge in [-0.3, -0.25) is 0 Å². The van der Waals surface area contributed by atoms with E-state index in [1.165, 1.54) is 0 Å². The van der Waals surface area contributed by atoms with Crippen molar-refractivity contribution in [1.82, 2.24) is 10.6 Å². The third kappa shape index (κ3) is 7.08. The summed E-state index contributed by atoms with van der Waals surface area (Å²) in [5, 5.41) is 6.04. The van der Waals surface area contributed by atoms with Gasteiger partial charge in [-0.25, -0.2) is 0 Å². The molecule has 0 unspecified atom stereocenters. The van der Waals surface area contributed by atoms with Gasteiger partial charge in [0.15, 0.2) is 0 Å². The van der Waals surface area contributed by atoms with E-state index < -0.39 is 0 Å². The summed E-state index contributed by atoms with van der Waals surface area (Å²) in [4.78, 5) is 0. The van der Waals surface area contributed by atoms with Gasteiger partial charge in [0, 0.05) is 18.8 Å². The van der Waals surface area contributed by atoms with E-state index in [0.717, 1.165) is 18.8 Å². The molecule has 0 aromatic heterocycles. The standard InChI is InChI=1S/C7H14N2/c1-4-8-5-6-9-7(2)3/h4,8-9H,1-2,5-6H2,3H3. The third-order valence-corrected chi connectivity index (χ3v) is 0.840. The summed E-state index contributed by atoms with van der Waals surface area (Å²) in [6.45, 7) is 10.9. The summed E-state index contributed by atoms with van der Waals surface area (Å²) >= 11 is 0. The highest BCUT2D eigenvalue weighted by Crippen LogP contribution is 1.73. The molecule has 0 radical (unpaired) electrons. The van der Waals surface area contributed by atoms with Crippen LogP contribution < -0.4 is 10.6 Å². The zero-order chi connectivity index (χ0) is 7.11. The maximum absolute atomic E-state index is 3.69. The lowest BCUT2D eigenvalue weighted by molar-refractivity contribution is 0.742. The highest BCUT2D eigenvalue weighted by atomic mass is 14.9. The van der Waals surface area contributed by atoms with Crippen LogP contribution in [-0.2, 0) is 0 Å². The van der Waals surface area contributed by atoms with Crippen molar-refractivity contribution < 1.29 is 0 Å². The second-order valence-electron chi connectivity index (χ2n) is 1.87. The van der Waals surface area contributed by atoms with E-state index in [-0.39, 0.29) is 0 Å². The van der Waals surface area contributed by atoms with Crippen LogP contribution in [0.1, 0.15) is 6.92 Å². The van der Waals surface area contributed by atoms with Crippen LogP contribution in [0.5, 0.6) is 0 Å². The topological polar surface area (TPSA) is 24.1 Å². The Hall–Kier alpha value is -0.920. The van der Waals surface area contributed by atoms with Crippen molar-refractivity contribution in [3.05, 3.63) is 25.1 Å². The molecule has 9 heavy (non-hydrogen) atoms. The summed E-state index contributed by atoms with van der Waals surface area (Å²) < 4.78 is 0. The maximum atomic E-state index is 3.69. The van der Waals surface area contributed by atoms with Crippen LogP contribution in [0.2, 0.25) is 0 Å². The Labute approximate surface area is 56.6 Å². The fourth-order valence-corrected chi connectivity index (χ4v) is 0.450. The fraction of sp³-hybridized carbons (Fsp3) is 0.429. The van der Waals surface area contributed by atoms with Gasteiger partial charge in [-0.15, -0.1) is 0 Å². The Balaban J connectivity index is 2.91. The molecule has 0 bridgehead atoms. The maximum Gasteiger partial charge on any atom is 0.0317 e. The van der Waals surface area contributed by atoms with Gasteiger partial charge in [-0.1, -0.05) is 13.2 Å². The van der Waals surface area contributed by atoms with Gasteiger partial charge >= 0.3 is 0 Å². The Kier molecular flexibility index (Phi) is 4.69. The van der Waals surface area contributed by atoms with Crippen LogP contribution in [0, 0.1) is 0 Å². The molecule has 2 N–H and O–H groups in total. The van der Waals surface area contributed by atoms with Crippen LogP contribution in [0.15, 0.2) is 25.1 Å². The molecular formula is C7H14N2. The number of nitrogens with one attached hydrogen (secondary N) is 2. The molecule has 0 aliphatic rings. The average Bonchev–Trinajstić information content (AvgIpc) is 1.80. The van der Waals surface area contributed by atoms with E-state index in [1.807, 2.05) is 6.92 Å². The SMILES string of the molecule is C=CNCCNC(=C)C. The average molecular weight is 126 g/mol. The van der Waals surface area contributed by atoms with E-state index in [9.17, 15) is 0 Å². The van der Waals surface area contributed by atoms with Gasteiger partial charge in [0.25, 0.3) is 0 Å². The zero-order valence-corrected chi connectivity index (χ0v) is 5.91. The van der Waals surface area contributed by atoms with Gasteiger partial charge in [0.1, 0.15) is 0 Å². The van der Waals surface area contributed by atoms with Gasteiger partial charge in [-0.05, 0) is 13.1 Å². The molecular weight excluding hydrogens is 112 g/mol. The highest BCUT2D eigenvalue weighted by molar-refractivity contribution is 4.84. The lowest BCUT2D eigenvalue weighted by atomic mass is 10.5. The van der Waals surface area contributed by atoms with Gasteiger partial charge in [0.2, 0.25) is 0 Å². The first-order chi connectivity index (χ1) is 4.27. The number of allylic oxidation sites excluding steroid dienone is 1. The van der Waals surface area contributed by atoms with E-state index in [2.05, 4.69) is 23.8 Å². The molecule has 0 heterocycles. The molecule has 2 nitrogen and oxygen atoms in total.